The van der Waals surface area contributed by atoms with Gasteiger partial charge in [-0.2, -0.15) is 0 Å². The molecule has 0 bridgehead atoms. The number of amides is 1. The van der Waals surface area contributed by atoms with Crippen LogP contribution in [0.5, 0.6) is 0 Å². The number of rotatable bonds is 48. The number of nitrogens with one attached hydrogen (secondary N) is 1. The molecule has 3 N–H and O–H groups in total. The average molecular weight is 860 g/mol. The molecule has 9 heteroatoms. The summed E-state index contributed by atoms with van der Waals surface area (Å²) in [6, 6.07) is -0.753. The first-order chi connectivity index (χ1) is 28.5. The Morgan fingerprint density at radius 1 is 0.508 bits per heavy atom. The molecule has 0 spiro atoms. The van der Waals surface area contributed by atoms with Gasteiger partial charge in [-0.1, -0.05) is 245 Å². The topological polar surface area (TPSA) is 105 Å². The number of hydrogen-bond acceptors (Lipinski definition) is 5. The number of carbonyl (C=O) groups excluding carboxylic acids is 1. The van der Waals surface area contributed by atoms with E-state index in [9.17, 15) is 19.4 Å². The molecule has 0 saturated heterocycles. The van der Waals surface area contributed by atoms with E-state index >= 15 is 0 Å². The smallest absolute Gasteiger partial charge is 0.391 e. The monoisotopic (exact) mass is 860 g/mol. The number of phosphoric ester groups is 1. The number of phosphoric acid groups is 1. The summed E-state index contributed by atoms with van der Waals surface area (Å²) in [5, 5.41) is 14.0. The predicted octanol–water partition coefficient (Wildman–Crippen LogP) is 14.9. The van der Waals surface area contributed by atoms with Crippen LogP contribution in [0.4, 0.5) is 0 Å². The SMILES string of the molecule is CCCCCCCCCCCCCCCCCCCCCCCCCCCC(O)C(COP(=O)(O)OCC[N+](C)(C)C)NC(=O)CCCCCCCCCCCCCC. The molecule has 59 heavy (non-hydrogen) atoms. The largest absolute Gasteiger partial charge is 0.472 e. The quantitative estimate of drug-likeness (QED) is 0.0320. The zero-order valence-electron chi connectivity index (χ0n) is 40.3. The molecule has 0 aromatic rings. The van der Waals surface area contributed by atoms with Gasteiger partial charge in [0.25, 0.3) is 0 Å². The van der Waals surface area contributed by atoms with Crippen molar-refractivity contribution >= 4 is 13.7 Å². The molecule has 0 aliphatic carbocycles. The number of carbonyl (C=O) groups is 1. The lowest BCUT2D eigenvalue weighted by molar-refractivity contribution is -0.870. The minimum absolute atomic E-state index is 0.0787. The van der Waals surface area contributed by atoms with E-state index in [2.05, 4.69) is 19.2 Å². The molecule has 3 unspecified atom stereocenters. The van der Waals surface area contributed by atoms with Crippen LogP contribution in [0.3, 0.4) is 0 Å². The Bertz CT molecular complexity index is 932. The van der Waals surface area contributed by atoms with Gasteiger partial charge in [-0.05, 0) is 12.8 Å². The fourth-order valence-electron chi connectivity index (χ4n) is 7.99. The van der Waals surface area contributed by atoms with E-state index in [0.717, 1.165) is 38.5 Å². The van der Waals surface area contributed by atoms with E-state index in [-0.39, 0.29) is 19.1 Å². The lowest BCUT2D eigenvalue weighted by atomic mass is 10.0. The minimum atomic E-state index is -4.31. The normalized spacial score (nSPS) is 14.1. The van der Waals surface area contributed by atoms with Gasteiger partial charge in [0.1, 0.15) is 13.2 Å². The first-order valence-electron chi connectivity index (χ1n) is 25.9. The first kappa shape index (κ1) is 58.5. The average Bonchev–Trinajstić information content (AvgIpc) is 3.19. The summed E-state index contributed by atoms with van der Waals surface area (Å²) < 4.78 is 23.7. The lowest BCUT2D eigenvalue weighted by Crippen LogP contribution is -2.46. The molecule has 0 radical (unpaired) electrons. The summed E-state index contributed by atoms with van der Waals surface area (Å²) in [5.74, 6) is -0.140. The van der Waals surface area contributed by atoms with E-state index in [1.807, 2.05) is 21.1 Å². The summed E-state index contributed by atoms with van der Waals surface area (Å²) in [6.07, 6.45) is 48.6. The summed E-state index contributed by atoms with van der Waals surface area (Å²) in [5.41, 5.74) is 0. The van der Waals surface area contributed by atoms with Crippen molar-refractivity contribution in [3.05, 3.63) is 0 Å². The van der Waals surface area contributed by atoms with Crippen LogP contribution in [0, 0.1) is 0 Å². The molecule has 0 aliphatic rings. The Hall–Kier alpha value is -0.500. The summed E-state index contributed by atoms with van der Waals surface area (Å²) in [6.45, 7) is 4.92. The molecule has 0 rings (SSSR count). The van der Waals surface area contributed by atoms with E-state index in [4.69, 9.17) is 9.05 Å². The van der Waals surface area contributed by atoms with Crippen molar-refractivity contribution in [3.8, 4) is 0 Å². The number of hydrogen-bond donors (Lipinski definition) is 3. The maximum atomic E-state index is 12.9. The van der Waals surface area contributed by atoms with Gasteiger partial charge in [0, 0.05) is 6.42 Å². The Balaban J connectivity index is 4.11. The second-order valence-corrected chi connectivity index (χ2v) is 20.7. The number of unbranched alkanes of at least 4 members (excludes halogenated alkanes) is 35. The maximum Gasteiger partial charge on any atom is 0.472 e. The third-order valence-corrected chi connectivity index (χ3v) is 13.1. The van der Waals surface area contributed by atoms with Crippen LogP contribution >= 0.6 is 7.82 Å². The summed E-state index contributed by atoms with van der Waals surface area (Å²) in [7, 11) is 1.63. The van der Waals surface area contributed by atoms with Gasteiger partial charge in [0.2, 0.25) is 5.91 Å². The van der Waals surface area contributed by atoms with Gasteiger partial charge in [-0.15, -0.1) is 0 Å². The Labute approximate surface area is 368 Å². The van der Waals surface area contributed by atoms with Crippen molar-refractivity contribution in [1.82, 2.24) is 5.32 Å². The Kier molecular flexibility index (Phi) is 42.4. The number of aliphatic hydroxyl groups is 1. The van der Waals surface area contributed by atoms with Gasteiger partial charge in [0.15, 0.2) is 0 Å². The Morgan fingerprint density at radius 2 is 0.814 bits per heavy atom. The zero-order valence-corrected chi connectivity index (χ0v) is 41.2. The second-order valence-electron chi connectivity index (χ2n) is 19.3. The molecular weight excluding hydrogens is 756 g/mol. The standard InChI is InChI=1S/C50H103N2O6P/c1-6-8-10-12-14-16-18-20-21-22-23-24-25-26-27-28-29-30-31-32-33-35-37-39-41-43-49(53)48(47-58-59(55,56)57-46-45-52(3,4)5)51-50(54)44-42-40-38-36-34-19-17-15-13-11-9-7-2/h48-49,53H,6-47H2,1-5H3,(H-,51,54,55,56)/p+1. The third kappa shape index (κ3) is 45.3. The van der Waals surface area contributed by atoms with E-state index in [1.165, 1.54) is 199 Å². The molecule has 0 heterocycles. The maximum absolute atomic E-state index is 12.9. The highest BCUT2D eigenvalue weighted by molar-refractivity contribution is 7.47. The van der Waals surface area contributed by atoms with Crippen molar-refractivity contribution < 1.29 is 32.9 Å². The molecule has 3 atom stereocenters. The molecule has 354 valence electrons. The molecule has 0 fully saturated rings. The molecule has 0 aliphatic heterocycles. The van der Waals surface area contributed by atoms with Gasteiger partial charge < -0.3 is 19.8 Å². The molecule has 0 saturated carbocycles. The van der Waals surface area contributed by atoms with Gasteiger partial charge in [-0.25, -0.2) is 4.57 Å². The van der Waals surface area contributed by atoms with Crippen molar-refractivity contribution in [3.63, 3.8) is 0 Å². The van der Waals surface area contributed by atoms with Crippen LogP contribution in [0.2, 0.25) is 0 Å². The molecule has 1 amide bonds. The van der Waals surface area contributed by atoms with Gasteiger partial charge in [-0.3, -0.25) is 13.8 Å². The fourth-order valence-corrected chi connectivity index (χ4v) is 8.73. The molecule has 0 aromatic heterocycles. The van der Waals surface area contributed by atoms with Gasteiger partial charge >= 0.3 is 7.82 Å². The highest BCUT2D eigenvalue weighted by Gasteiger charge is 2.28. The van der Waals surface area contributed by atoms with Crippen molar-refractivity contribution in [2.24, 2.45) is 0 Å². The van der Waals surface area contributed by atoms with Crippen LogP contribution < -0.4 is 5.32 Å². The fraction of sp³-hybridized carbons (Fsp3) is 0.980. The highest BCUT2D eigenvalue weighted by atomic mass is 31.2. The molecule has 0 aromatic carbocycles. The van der Waals surface area contributed by atoms with Crippen LogP contribution in [-0.4, -0.2) is 73.4 Å². The second kappa shape index (κ2) is 42.8. The van der Waals surface area contributed by atoms with E-state index in [1.54, 1.807) is 0 Å². The third-order valence-electron chi connectivity index (χ3n) is 12.1. The van der Waals surface area contributed by atoms with E-state index in [0.29, 0.717) is 23.9 Å². The summed E-state index contributed by atoms with van der Waals surface area (Å²) in [4.78, 5) is 23.2. The number of quaternary nitrogens is 1. The lowest BCUT2D eigenvalue weighted by Gasteiger charge is -2.26. The van der Waals surface area contributed by atoms with Crippen LogP contribution in [-0.2, 0) is 18.4 Å². The highest BCUT2D eigenvalue weighted by Crippen LogP contribution is 2.43. The first-order valence-corrected chi connectivity index (χ1v) is 27.4. The van der Waals surface area contributed by atoms with Crippen LogP contribution in [0.15, 0.2) is 0 Å². The minimum Gasteiger partial charge on any atom is -0.391 e. The van der Waals surface area contributed by atoms with Crippen LogP contribution in [0.25, 0.3) is 0 Å². The molecular formula is C50H104N2O6P+. The zero-order chi connectivity index (χ0) is 43.6. The Morgan fingerprint density at radius 3 is 1.14 bits per heavy atom. The van der Waals surface area contributed by atoms with Crippen LogP contribution in [0.1, 0.15) is 264 Å². The molecule has 8 nitrogen and oxygen atoms in total. The van der Waals surface area contributed by atoms with Crippen molar-refractivity contribution in [1.29, 1.82) is 0 Å². The summed E-state index contributed by atoms with van der Waals surface area (Å²) >= 11 is 0. The van der Waals surface area contributed by atoms with E-state index < -0.39 is 20.0 Å². The van der Waals surface area contributed by atoms with Crippen molar-refractivity contribution in [2.45, 2.75) is 276 Å². The number of nitrogens with zero attached hydrogens (tertiary/aromatic N) is 1. The predicted molar refractivity (Wildman–Crippen MR) is 254 cm³/mol. The number of aliphatic hydroxyl groups excluding tert-OH is 1. The van der Waals surface area contributed by atoms with Gasteiger partial charge in [0.05, 0.1) is 39.9 Å². The van der Waals surface area contributed by atoms with Crippen molar-refractivity contribution in [2.75, 3.05) is 40.9 Å². The number of likely N-dealkylation sites (N-methyl/N-ethyl adjacent to an activating group) is 1.